The summed E-state index contributed by atoms with van der Waals surface area (Å²) < 4.78 is 50.2. The molecule has 162 valence electrons. The molecule has 0 radical (unpaired) electrons. The van der Waals surface area contributed by atoms with Gasteiger partial charge in [-0.15, -0.1) is 0 Å². The van der Waals surface area contributed by atoms with Crippen LogP contribution in [-0.4, -0.2) is 46.4 Å². The van der Waals surface area contributed by atoms with Gasteiger partial charge in [-0.05, 0) is 68.1 Å². The lowest BCUT2D eigenvalue weighted by Gasteiger charge is -2.30. The summed E-state index contributed by atoms with van der Waals surface area (Å²) in [7, 11) is -7.13. The molecule has 0 unspecified atom stereocenters. The number of nitrogens with one attached hydrogen (secondary N) is 1. The number of nitrogens with zero attached hydrogens (tertiary/aromatic N) is 1. The van der Waals surface area contributed by atoms with Crippen LogP contribution < -0.4 is 5.32 Å². The summed E-state index contributed by atoms with van der Waals surface area (Å²) in [5.41, 5.74) is 2.81. The molecule has 0 bridgehead atoms. The normalized spacial score (nSPS) is 16.4. The van der Waals surface area contributed by atoms with Crippen molar-refractivity contribution in [2.24, 2.45) is 5.92 Å². The van der Waals surface area contributed by atoms with Gasteiger partial charge < -0.3 is 5.32 Å². The quantitative estimate of drug-likeness (QED) is 0.755. The molecule has 1 amide bonds. The SMILES string of the molecule is Cc1ccc(C)c(NC(=O)C2CCN(S(=O)(=O)c3ccc(S(C)(=O)=O)cc3)CC2)c1. The molecule has 2 aromatic carbocycles. The Bertz CT molecular complexity index is 1150. The van der Waals surface area contributed by atoms with Crippen LogP contribution in [0, 0.1) is 19.8 Å². The number of aryl methyl sites for hydroxylation is 2. The molecule has 0 spiro atoms. The topological polar surface area (TPSA) is 101 Å². The standard InChI is InChI=1S/C21H26N2O5S2/c1-15-4-5-16(2)20(14-15)22-21(24)17-10-12-23(13-11-17)30(27,28)19-8-6-18(7-9-19)29(3,25)26/h4-9,14,17H,10-13H2,1-3H3,(H,22,24). The summed E-state index contributed by atoms with van der Waals surface area (Å²) in [5.74, 6) is -0.359. The fourth-order valence-corrected chi connectivity index (χ4v) is 5.57. The molecule has 3 rings (SSSR count). The summed E-state index contributed by atoms with van der Waals surface area (Å²) in [5, 5.41) is 2.96. The van der Waals surface area contributed by atoms with Gasteiger partial charge in [0.15, 0.2) is 9.84 Å². The predicted octanol–water partition coefficient (Wildman–Crippen LogP) is 2.75. The molecule has 1 N–H and O–H groups in total. The fourth-order valence-electron chi connectivity index (χ4n) is 3.47. The molecule has 1 heterocycles. The first kappa shape index (κ1) is 22.5. The van der Waals surface area contributed by atoms with Gasteiger partial charge in [0.25, 0.3) is 0 Å². The summed E-state index contributed by atoms with van der Waals surface area (Å²) in [6, 6.07) is 11.1. The molecular weight excluding hydrogens is 424 g/mol. The van der Waals surface area contributed by atoms with Gasteiger partial charge in [-0.3, -0.25) is 4.79 Å². The molecule has 1 aliphatic heterocycles. The van der Waals surface area contributed by atoms with Gasteiger partial charge >= 0.3 is 0 Å². The number of hydrogen-bond acceptors (Lipinski definition) is 5. The monoisotopic (exact) mass is 450 g/mol. The summed E-state index contributed by atoms with van der Waals surface area (Å²) in [6.45, 7) is 4.36. The van der Waals surface area contributed by atoms with Gasteiger partial charge in [0, 0.05) is 31.0 Å². The Morgan fingerprint density at radius 3 is 2.07 bits per heavy atom. The van der Waals surface area contributed by atoms with Crippen LogP contribution in [0.2, 0.25) is 0 Å². The number of benzene rings is 2. The van der Waals surface area contributed by atoms with E-state index in [4.69, 9.17) is 0 Å². The summed E-state index contributed by atoms with van der Waals surface area (Å²) in [6.07, 6.45) is 1.93. The Morgan fingerprint density at radius 2 is 1.50 bits per heavy atom. The van der Waals surface area contributed by atoms with Crippen LogP contribution in [0.1, 0.15) is 24.0 Å². The lowest BCUT2D eigenvalue weighted by Crippen LogP contribution is -2.41. The van der Waals surface area contributed by atoms with Crippen LogP contribution in [0.4, 0.5) is 5.69 Å². The minimum absolute atomic E-state index is 0.0492. The van der Waals surface area contributed by atoms with E-state index in [1.54, 1.807) is 0 Å². The van der Waals surface area contributed by atoms with Gasteiger partial charge in [0.05, 0.1) is 9.79 Å². The van der Waals surface area contributed by atoms with Crippen molar-refractivity contribution < 1.29 is 21.6 Å². The molecule has 0 aromatic heterocycles. The fraction of sp³-hybridized carbons (Fsp3) is 0.381. The second-order valence-corrected chi connectivity index (χ2v) is 11.7. The number of rotatable bonds is 5. The van der Waals surface area contributed by atoms with Crippen LogP contribution in [0.15, 0.2) is 52.3 Å². The maximum Gasteiger partial charge on any atom is 0.243 e. The molecular formula is C21H26N2O5S2. The van der Waals surface area contributed by atoms with E-state index in [1.165, 1.54) is 28.6 Å². The molecule has 2 aromatic rings. The predicted molar refractivity (Wildman–Crippen MR) is 116 cm³/mol. The highest BCUT2D eigenvalue weighted by atomic mass is 32.2. The molecule has 1 aliphatic rings. The number of piperidine rings is 1. The minimum atomic E-state index is -3.74. The average molecular weight is 451 g/mol. The van der Waals surface area contributed by atoms with Crippen LogP contribution in [-0.2, 0) is 24.7 Å². The van der Waals surface area contributed by atoms with Crippen LogP contribution >= 0.6 is 0 Å². The van der Waals surface area contributed by atoms with E-state index in [9.17, 15) is 21.6 Å². The zero-order valence-corrected chi connectivity index (χ0v) is 18.9. The first-order valence-corrected chi connectivity index (χ1v) is 13.0. The van der Waals surface area contributed by atoms with Crippen molar-refractivity contribution in [2.45, 2.75) is 36.5 Å². The first-order chi connectivity index (χ1) is 14.0. The van der Waals surface area contributed by atoms with Crippen LogP contribution in [0.25, 0.3) is 0 Å². The van der Waals surface area contributed by atoms with E-state index in [0.29, 0.717) is 12.8 Å². The Balaban J connectivity index is 1.65. The Kier molecular flexibility index (Phi) is 6.35. The van der Waals surface area contributed by atoms with Crippen molar-refractivity contribution in [3.05, 3.63) is 53.6 Å². The van der Waals surface area contributed by atoms with Crippen LogP contribution in [0.3, 0.4) is 0 Å². The maximum atomic E-state index is 12.9. The van der Waals surface area contributed by atoms with E-state index < -0.39 is 19.9 Å². The van der Waals surface area contributed by atoms with E-state index in [0.717, 1.165) is 23.1 Å². The molecule has 0 atom stereocenters. The summed E-state index contributed by atoms with van der Waals surface area (Å²) >= 11 is 0. The molecule has 0 saturated carbocycles. The highest BCUT2D eigenvalue weighted by molar-refractivity contribution is 7.90. The third-order valence-corrected chi connectivity index (χ3v) is 8.41. The number of hydrogen-bond donors (Lipinski definition) is 1. The van der Waals surface area contributed by atoms with E-state index in [1.807, 2.05) is 32.0 Å². The van der Waals surface area contributed by atoms with Crippen molar-refractivity contribution in [3.8, 4) is 0 Å². The van der Waals surface area contributed by atoms with Gasteiger partial charge in [-0.25, -0.2) is 16.8 Å². The van der Waals surface area contributed by atoms with Gasteiger partial charge in [0.1, 0.15) is 0 Å². The number of sulfonamides is 1. The third-order valence-electron chi connectivity index (χ3n) is 5.37. The van der Waals surface area contributed by atoms with Crippen molar-refractivity contribution in [3.63, 3.8) is 0 Å². The van der Waals surface area contributed by atoms with E-state index in [2.05, 4.69) is 5.32 Å². The molecule has 9 heteroatoms. The van der Waals surface area contributed by atoms with E-state index in [-0.39, 0.29) is 34.7 Å². The number of carbonyl (C=O) groups is 1. The second-order valence-electron chi connectivity index (χ2n) is 7.73. The number of carbonyl (C=O) groups excluding carboxylic acids is 1. The highest BCUT2D eigenvalue weighted by Crippen LogP contribution is 2.26. The van der Waals surface area contributed by atoms with Crippen molar-refractivity contribution in [2.75, 3.05) is 24.7 Å². The average Bonchev–Trinajstić information content (AvgIpc) is 2.70. The lowest BCUT2D eigenvalue weighted by molar-refractivity contribution is -0.120. The van der Waals surface area contributed by atoms with Crippen LogP contribution in [0.5, 0.6) is 0 Å². The Labute approximate surface area is 178 Å². The second kappa shape index (κ2) is 8.49. The number of sulfone groups is 1. The molecule has 30 heavy (non-hydrogen) atoms. The van der Waals surface area contributed by atoms with Crippen molar-refractivity contribution in [1.29, 1.82) is 0 Å². The van der Waals surface area contributed by atoms with E-state index >= 15 is 0 Å². The number of amides is 1. The Morgan fingerprint density at radius 1 is 0.933 bits per heavy atom. The maximum absolute atomic E-state index is 12.9. The van der Waals surface area contributed by atoms with Gasteiger partial charge in [-0.1, -0.05) is 12.1 Å². The largest absolute Gasteiger partial charge is 0.326 e. The lowest BCUT2D eigenvalue weighted by atomic mass is 9.97. The van der Waals surface area contributed by atoms with Gasteiger partial charge in [0.2, 0.25) is 15.9 Å². The molecule has 1 fully saturated rings. The third kappa shape index (κ3) is 4.91. The summed E-state index contributed by atoms with van der Waals surface area (Å²) in [4.78, 5) is 12.8. The number of anilines is 1. The highest BCUT2D eigenvalue weighted by Gasteiger charge is 2.32. The zero-order valence-electron chi connectivity index (χ0n) is 17.3. The molecule has 1 saturated heterocycles. The zero-order chi connectivity index (χ0) is 22.1. The van der Waals surface area contributed by atoms with Gasteiger partial charge in [-0.2, -0.15) is 4.31 Å². The molecule has 7 nitrogen and oxygen atoms in total. The smallest absolute Gasteiger partial charge is 0.243 e. The molecule has 0 aliphatic carbocycles. The van der Waals surface area contributed by atoms with Crippen molar-refractivity contribution in [1.82, 2.24) is 4.31 Å². The van der Waals surface area contributed by atoms with Crippen molar-refractivity contribution >= 4 is 31.5 Å². The minimum Gasteiger partial charge on any atom is -0.326 e. The first-order valence-electron chi connectivity index (χ1n) is 9.67. The Hall–Kier alpha value is -2.23.